The molecule has 10 heteroatoms. The monoisotopic (exact) mass is 548 g/mol. The maximum atomic E-state index is 14.2. The van der Waals surface area contributed by atoms with Gasteiger partial charge in [0.25, 0.3) is 0 Å². The number of nitrogens with one attached hydrogen (secondary N) is 1. The Morgan fingerprint density at radius 2 is 1.88 bits per heavy atom. The summed E-state index contributed by atoms with van der Waals surface area (Å²) >= 11 is 4.63. The summed E-state index contributed by atoms with van der Waals surface area (Å²) in [5, 5.41) is 2.66. The van der Waals surface area contributed by atoms with Crippen LogP contribution < -0.4 is 5.32 Å². The van der Waals surface area contributed by atoms with Gasteiger partial charge in [0.2, 0.25) is 11.8 Å². The van der Waals surface area contributed by atoms with E-state index in [0.29, 0.717) is 30.6 Å². The van der Waals surface area contributed by atoms with E-state index in [-0.39, 0.29) is 23.9 Å². The maximum Gasteiger partial charge on any atom is 0.242 e. The van der Waals surface area contributed by atoms with E-state index in [2.05, 4.69) is 31.1 Å². The van der Waals surface area contributed by atoms with Crippen LogP contribution in [0, 0.1) is 5.82 Å². The van der Waals surface area contributed by atoms with Crippen molar-refractivity contribution in [1.82, 2.24) is 9.80 Å². The number of nitrogens with zero attached hydrogens (tertiary/aromatic N) is 3. The zero-order chi connectivity index (χ0) is 23.9. The van der Waals surface area contributed by atoms with Gasteiger partial charge < -0.3 is 10.1 Å². The molecule has 0 bridgehead atoms. The van der Waals surface area contributed by atoms with Crippen LogP contribution in [-0.2, 0) is 14.3 Å². The Kier molecular flexibility index (Phi) is 8.71. The van der Waals surface area contributed by atoms with Gasteiger partial charge in [-0.1, -0.05) is 36.0 Å². The lowest BCUT2D eigenvalue weighted by molar-refractivity contribution is -0.128. The molecule has 2 fully saturated rings. The fourth-order valence-electron chi connectivity index (χ4n) is 3.79. The topological polar surface area (TPSA) is 74.2 Å². The van der Waals surface area contributed by atoms with Gasteiger partial charge in [-0.3, -0.25) is 19.4 Å². The molecule has 2 heterocycles. The van der Waals surface area contributed by atoms with Gasteiger partial charge >= 0.3 is 0 Å². The Hall–Kier alpha value is -2.27. The van der Waals surface area contributed by atoms with Crippen LogP contribution in [0.4, 0.5) is 15.8 Å². The third kappa shape index (κ3) is 6.44. The Morgan fingerprint density at radius 1 is 1.15 bits per heavy atom. The number of amidine groups is 1. The summed E-state index contributed by atoms with van der Waals surface area (Å²) in [5.74, 6) is -0.895. The van der Waals surface area contributed by atoms with Crippen molar-refractivity contribution < 1.29 is 18.7 Å². The molecule has 0 spiro atoms. The van der Waals surface area contributed by atoms with Crippen molar-refractivity contribution in [2.75, 3.05) is 44.7 Å². The highest BCUT2D eigenvalue weighted by Gasteiger charge is 2.39. The first-order chi connectivity index (χ1) is 16.5. The van der Waals surface area contributed by atoms with Gasteiger partial charge in [-0.15, -0.1) is 0 Å². The minimum Gasteiger partial charge on any atom is -0.379 e. The first-order valence-electron chi connectivity index (χ1n) is 11.2. The number of carbonyl (C=O) groups excluding carboxylic acids is 2. The van der Waals surface area contributed by atoms with Crippen molar-refractivity contribution in [3.63, 3.8) is 0 Å². The predicted octanol–water partition coefficient (Wildman–Crippen LogP) is 4.27. The molecule has 1 atom stereocenters. The van der Waals surface area contributed by atoms with Gasteiger partial charge in [0, 0.05) is 37.1 Å². The number of rotatable bonds is 8. The first-order valence-corrected chi connectivity index (χ1v) is 12.8. The summed E-state index contributed by atoms with van der Waals surface area (Å²) in [7, 11) is 0. The van der Waals surface area contributed by atoms with E-state index in [4.69, 9.17) is 4.74 Å². The highest BCUT2D eigenvalue weighted by molar-refractivity contribution is 9.10. The minimum absolute atomic E-state index is 0.00108. The Balaban J connectivity index is 1.45. The first kappa shape index (κ1) is 24.8. The molecule has 0 saturated carbocycles. The van der Waals surface area contributed by atoms with Gasteiger partial charge in [0.1, 0.15) is 16.8 Å². The van der Waals surface area contributed by atoms with Crippen LogP contribution in [0.15, 0.2) is 58.0 Å². The summed E-state index contributed by atoms with van der Waals surface area (Å²) in [4.78, 5) is 34.3. The van der Waals surface area contributed by atoms with E-state index >= 15 is 0 Å². The number of morpholine rings is 1. The van der Waals surface area contributed by atoms with Crippen LogP contribution in [0.1, 0.15) is 12.8 Å². The molecule has 7 nitrogen and oxygen atoms in total. The molecule has 0 radical (unpaired) electrons. The van der Waals surface area contributed by atoms with E-state index in [0.717, 1.165) is 30.5 Å². The van der Waals surface area contributed by atoms with Gasteiger partial charge in [-0.25, -0.2) is 9.38 Å². The van der Waals surface area contributed by atoms with Crippen LogP contribution in [-0.4, -0.2) is 71.4 Å². The summed E-state index contributed by atoms with van der Waals surface area (Å²) in [6, 6.07) is 13.5. The number of amides is 2. The zero-order valence-corrected chi connectivity index (χ0v) is 21.0. The molecule has 34 heavy (non-hydrogen) atoms. The van der Waals surface area contributed by atoms with E-state index in [9.17, 15) is 14.0 Å². The molecule has 0 aliphatic carbocycles. The molecule has 2 amide bonds. The molecule has 1 N–H and O–H groups in total. The Labute approximate surface area is 210 Å². The van der Waals surface area contributed by atoms with Gasteiger partial charge in [0.15, 0.2) is 5.17 Å². The summed E-state index contributed by atoms with van der Waals surface area (Å²) in [6.07, 6.45) is 0.750. The van der Waals surface area contributed by atoms with E-state index in [1.165, 1.54) is 17.8 Å². The summed E-state index contributed by atoms with van der Waals surface area (Å²) in [6.45, 7) is 4.46. The number of hydrogen-bond acceptors (Lipinski definition) is 6. The molecule has 4 rings (SSSR count). The lowest BCUT2D eigenvalue weighted by Crippen LogP contribution is -2.39. The number of carbonyl (C=O) groups is 2. The number of thioether (sulfide) groups is 1. The highest BCUT2D eigenvalue weighted by Crippen LogP contribution is 2.33. The minimum atomic E-state index is -0.614. The fraction of sp³-hybridized carbons (Fsp3) is 0.375. The van der Waals surface area contributed by atoms with Gasteiger partial charge in [-0.05, 0) is 46.6 Å². The van der Waals surface area contributed by atoms with Crippen molar-refractivity contribution in [2.45, 2.75) is 18.1 Å². The summed E-state index contributed by atoms with van der Waals surface area (Å²) < 4.78 is 20.4. The average molecular weight is 549 g/mol. The molecule has 2 aromatic carbocycles. The average Bonchev–Trinajstić information content (AvgIpc) is 3.11. The van der Waals surface area contributed by atoms with Gasteiger partial charge in [0.05, 0.1) is 18.9 Å². The van der Waals surface area contributed by atoms with Crippen LogP contribution in [0.5, 0.6) is 0 Å². The van der Waals surface area contributed by atoms with Crippen LogP contribution in [0.2, 0.25) is 0 Å². The largest absolute Gasteiger partial charge is 0.379 e. The molecule has 2 aliphatic rings. The van der Waals surface area contributed by atoms with Gasteiger partial charge in [-0.2, -0.15) is 0 Å². The molecule has 0 unspecified atom stereocenters. The molecule has 2 saturated heterocycles. The third-order valence-corrected chi connectivity index (χ3v) is 7.43. The second kappa shape index (κ2) is 11.9. The molecule has 180 valence electrons. The quantitative estimate of drug-likeness (QED) is 0.533. The number of anilines is 1. The number of hydrogen-bond donors (Lipinski definition) is 1. The second-order valence-electron chi connectivity index (χ2n) is 7.98. The number of ether oxygens (including phenoxy) is 1. The van der Waals surface area contributed by atoms with Crippen molar-refractivity contribution in [3.8, 4) is 0 Å². The standard InChI is InChI=1S/C24H26BrFN4O3S/c25-17-6-1-3-8-19(17)27-22(31)16-21-23(32)30(11-5-10-29-12-14-33-15-13-29)24(34-21)28-20-9-4-2-7-18(20)26/h1-4,6-9,21H,5,10-16H2,(H,27,31)/t21-/m1/s1. The normalized spacial score (nSPS) is 20.2. The van der Waals surface area contributed by atoms with Crippen LogP contribution in [0.25, 0.3) is 0 Å². The van der Waals surface area contributed by atoms with Crippen molar-refractivity contribution in [1.29, 1.82) is 0 Å². The molecule has 0 aromatic heterocycles. The van der Waals surface area contributed by atoms with E-state index in [1.54, 1.807) is 29.2 Å². The third-order valence-electron chi connectivity index (χ3n) is 5.57. The van der Waals surface area contributed by atoms with E-state index < -0.39 is 11.1 Å². The molecular formula is C24H26BrFN4O3S. The van der Waals surface area contributed by atoms with Crippen LogP contribution >= 0.6 is 27.7 Å². The second-order valence-corrected chi connectivity index (χ2v) is 10.0. The SMILES string of the molecule is O=C(C[C@H]1SC(=Nc2ccccc2F)N(CCCN2CCOCC2)C1=O)Nc1ccccc1Br. The van der Waals surface area contributed by atoms with Crippen molar-refractivity contribution in [3.05, 3.63) is 58.8 Å². The van der Waals surface area contributed by atoms with E-state index in [1.807, 2.05) is 18.2 Å². The number of benzene rings is 2. The number of halogens is 2. The lowest BCUT2D eigenvalue weighted by atomic mass is 10.2. The molecule has 2 aliphatic heterocycles. The Bertz CT molecular complexity index is 1060. The zero-order valence-electron chi connectivity index (χ0n) is 18.6. The number of para-hydroxylation sites is 2. The fourth-order valence-corrected chi connectivity index (χ4v) is 5.35. The maximum absolute atomic E-state index is 14.2. The smallest absolute Gasteiger partial charge is 0.242 e. The summed E-state index contributed by atoms with van der Waals surface area (Å²) in [5.41, 5.74) is 0.819. The molecular weight excluding hydrogens is 523 g/mol. The van der Waals surface area contributed by atoms with Crippen molar-refractivity contribution in [2.24, 2.45) is 4.99 Å². The number of aliphatic imine (C=N–C) groups is 1. The van der Waals surface area contributed by atoms with Crippen LogP contribution in [0.3, 0.4) is 0 Å². The van der Waals surface area contributed by atoms with Crippen molar-refractivity contribution >= 4 is 56.0 Å². The Morgan fingerprint density at radius 3 is 2.65 bits per heavy atom. The highest BCUT2D eigenvalue weighted by atomic mass is 79.9. The predicted molar refractivity (Wildman–Crippen MR) is 136 cm³/mol. The lowest BCUT2D eigenvalue weighted by Gasteiger charge is -2.27. The molecule has 2 aromatic rings.